The quantitative estimate of drug-likeness (QED) is 0.197. The number of halogens is 9. The molecule has 0 saturated heterocycles. The van der Waals surface area contributed by atoms with Crippen LogP contribution in [0.2, 0.25) is 0 Å². The van der Waals surface area contributed by atoms with Crippen LogP contribution in [-0.2, 0) is 47.6 Å². The van der Waals surface area contributed by atoms with E-state index in [-0.39, 0.29) is 0 Å². The molecule has 0 heterocycles. The minimum Gasteiger partial charge on any atom is -0.379 e. The highest BCUT2D eigenvalue weighted by molar-refractivity contribution is 7.88. The molecule has 0 radical (unpaired) electrons. The molecule has 0 fully saturated rings. The van der Waals surface area contributed by atoms with Gasteiger partial charge in [-0.25, -0.2) is 0 Å². The molecule has 0 N–H and O–H groups in total. The average molecular weight is 560 g/mol. The van der Waals surface area contributed by atoms with Crippen molar-refractivity contribution in [2.24, 2.45) is 0 Å². The van der Waals surface area contributed by atoms with Crippen LogP contribution >= 0.6 is 0 Å². The van der Waals surface area contributed by atoms with Crippen molar-refractivity contribution >= 4 is 30.4 Å². The number of rotatable bonds is 12. The Kier molecular flexibility index (Phi) is 10.2. The third-order valence-electron chi connectivity index (χ3n) is 3.08. The average Bonchev–Trinajstić information content (AvgIpc) is 2.56. The summed E-state index contributed by atoms with van der Waals surface area (Å²) in [5.74, 6) is 0. The third-order valence-corrected chi connectivity index (χ3v) is 6.19. The lowest BCUT2D eigenvalue weighted by Gasteiger charge is -2.21. The second-order valence-corrected chi connectivity index (χ2v) is 10.2. The molecule has 0 aliphatic rings. The van der Waals surface area contributed by atoms with E-state index in [1.54, 1.807) is 0 Å². The molecule has 194 valence electrons. The van der Waals surface area contributed by atoms with Gasteiger partial charge in [0.1, 0.15) is 6.10 Å². The van der Waals surface area contributed by atoms with Gasteiger partial charge in [0.05, 0.1) is 19.3 Å². The van der Waals surface area contributed by atoms with Gasteiger partial charge in [-0.15, -0.1) is 0 Å². The Morgan fingerprint density at radius 1 is 0.594 bits per heavy atom. The van der Waals surface area contributed by atoms with E-state index in [0.717, 1.165) is 7.11 Å². The maximum atomic E-state index is 12.4. The summed E-state index contributed by atoms with van der Waals surface area (Å²) < 4.78 is 191. The lowest BCUT2D eigenvalue weighted by atomic mass is 10.1. The maximum absolute atomic E-state index is 12.4. The van der Waals surface area contributed by atoms with E-state index >= 15 is 0 Å². The van der Waals surface area contributed by atoms with Gasteiger partial charge in [0, 0.05) is 7.11 Å². The van der Waals surface area contributed by atoms with E-state index in [9.17, 15) is 64.8 Å². The summed E-state index contributed by atoms with van der Waals surface area (Å²) in [6, 6.07) is 0. The lowest BCUT2D eigenvalue weighted by molar-refractivity contribution is -0.0648. The predicted octanol–water partition coefficient (Wildman–Crippen LogP) is 1.75. The SMILES string of the molecule is CO[C@@H](CC[C@H](COS(=O)(=O)C(F)(F)F)OS(=O)(=O)C(F)(F)F)COS(=O)(=O)C(F)(F)F. The highest BCUT2D eigenvalue weighted by Crippen LogP contribution is 2.29. The number of ether oxygens (including phenoxy) is 1. The fourth-order valence-corrected chi connectivity index (χ4v) is 3.05. The number of hydrogen-bond donors (Lipinski definition) is 0. The van der Waals surface area contributed by atoms with E-state index in [1.165, 1.54) is 0 Å². The second-order valence-electron chi connectivity index (χ2n) is 5.42. The van der Waals surface area contributed by atoms with Gasteiger partial charge in [-0.3, -0.25) is 12.5 Å². The van der Waals surface area contributed by atoms with Gasteiger partial charge in [0.15, 0.2) is 0 Å². The molecule has 22 heteroatoms. The highest BCUT2D eigenvalue weighted by Gasteiger charge is 2.51. The van der Waals surface area contributed by atoms with Crippen LogP contribution in [0.5, 0.6) is 0 Å². The van der Waals surface area contributed by atoms with Crippen LogP contribution in [0.25, 0.3) is 0 Å². The molecule has 0 spiro atoms. The van der Waals surface area contributed by atoms with Gasteiger partial charge in [0.25, 0.3) is 0 Å². The van der Waals surface area contributed by atoms with E-state index in [1.807, 2.05) is 0 Å². The molecule has 0 aromatic rings. The van der Waals surface area contributed by atoms with E-state index in [2.05, 4.69) is 17.3 Å². The molecule has 0 saturated carbocycles. The van der Waals surface area contributed by atoms with Crippen molar-refractivity contribution in [3.63, 3.8) is 0 Å². The van der Waals surface area contributed by atoms with Gasteiger partial charge in [-0.1, -0.05) is 0 Å². The monoisotopic (exact) mass is 560 g/mol. The first-order valence-corrected chi connectivity index (χ1v) is 11.6. The van der Waals surface area contributed by atoms with Crippen molar-refractivity contribution < 1.29 is 82.1 Å². The zero-order chi connectivity index (χ0) is 25.8. The molecule has 32 heavy (non-hydrogen) atoms. The zero-order valence-corrected chi connectivity index (χ0v) is 17.6. The van der Waals surface area contributed by atoms with Crippen LogP contribution < -0.4 is 0 Å². The van der Waals surface area contributed by atoms with Gasteiger partial charge >= 0.3 is 46.9 Å². The van der Waals surface area contributed by atoms with E-state index in [0.29, 0.717) is 0 Å². The fraction of sp³-hybridized carbons (Fsp3) is 1.00. The molecule has 0 aliphatic carbocycles. The first kappa shape index (κ1) is 31.1. The summed E-state index contributed by atoms with van der Waals surface area (Å²) in [5, 5.41) is 0. The predicted molar refractivity (Wildman–Crippen MR) is 81.7 cm³/mol. The molecular weight excluding hydrogens is 547 g/mol. The Labute approximate surface area is 174 Å². The van der Waals surface area contributed by atoms with Crippen LogP contribution in [0, 0.1) is 0 Å². The Morgan fingerprint density at radius 2 is 0.906 bits per heavy atom. The van der Waals surface area contributed by atoms with Crippen LogP contribution in [0.4, 0.5) is 39.5 Å². The smallest absolute Gasteiger partial charge is 0.379 e. The lowest BCUT2D eigenvalue weighted by Crippen LogP contribution is -2.36. The molecule has 0 unspecified atom stereocenters. The summed E-state index contributed by atoms with van der Waals surface area (Å²) in [6.45, 7) is -3.33. The molecule has 0 aromatic carbocycles. The molecule has 0 bridgehead atoms. The van der Waals surface area contributed by atoms with E-state index < -0.39 is 85.1 Å². The standard InChI is InChI=1S/C10H13F9O10S3/c1-26-6(4-27-30(20,21)8(11,12)13)2-3-7(29-32(24,25)10(17,18)19)5-28-31(22,23)9(14,15)16/h6-7H,2-5H2,1H3/t6-,7+/m0/s1. The number of methoxy groups -OCH3 is 1. The van der Waals surface area contributed by atoms with Gasteiger partial charge in [-0.2, -0.15) is 64.8 Å². The summed E-state index contributed by atoms with van der Waals surface area (Å²) in [5.41, 5.74) is -18.0. The summed E-state index contributed by atoms with van der Waals surface area (Å²) in [6.07, 6.45) is -6.28. The molecular formula is C10H13F9O10S3. The zero-order valence-electron chi connectivity index (χ0n) is 15.2. The van der Waals surface area contributed by atoms with Gasteiger partial charge in [-0.05, 0) is 12.8 Å². The van der Waals surface area contributed by atoms with Crippen molar-refractivity contribution in [2.75, 3.05) is 20.3 Å². The van der Waals surface area contributed by atoms with Gasteiger partial charge in [0.2, 0.25) is 0 Å². The third kappa shape index (κ3) is 9.13. The normalized spacial score (nSPS) is 16.7. The second kappa shape index (κ2) is 10.5. The van der Waals surface area contributed by atoms with Crippen molar-refractivity contribution in [1.29, 1.82) is 0 Å². The molecule has 0 aromatic heterocycles. The molecule has 10 nitrogen and oxygen atoms in total. The largest absolute Gasteiger partial charge is 0.523 e. The fourth-order valence-electron chi connectivity index (χ4n) is 1.50. The van der Waals surface area contributed by atoms with Gasteiger partial charge < -0.3 is 4.74 Å². The van der Waals surface area contributed by atoms with Crippen molar-refractivity contribution in [2.45, 2.75) is 41.6 Å². The topological polar surface area (TPSA) is 139 Å². The molecule has 0 aliphatic heterocycles. The number of hydrogen-bond acceptors (Lipinski definition) is 10. The van der Waals surface area contributed by atoms with Crippen LogP contribution in [0.3, 0.4) is 0 Å². The summed E-state index contributed by atoms with van der Waals surface area (Å²) in [7, 11) is -18.2. The van der Waals surface area contributed by atoms with Crippen molar-refractivity contribution in [1.82, 2.24) is 0 Å². The number of alkyl halides is 9. The minimum atomic E-state index is -6.48. The Morgan fingerprint density at radius 3 is 1.22 bits per heavy atom. The summed E-state index contributed by atoms with van der Waals surface area (Å²) in [4.78, 5) is 0. The van der Waals surface area contributed by atoms with Crippen molar-refractivity contribution in [3.8, 4) is 0 Å². The van der Waals surface area contributed by atoms with Crippen LogP contribution in [0.1, 0.15) is 12.8 Å². The Bertz CT molecular complexity index is 919. The van der Waals surface area contributed by atoms with E-state index in [4.69, 9.17) is 0 Å². The first-order chi connectivity index (χ1) is 14.0. The molecule has 0 rings (SSSR count). The first-order valence-electron chi connectivity index (χ1n) is 7.40. The summed E-state index contributed by atoms with van der Waals surface area (Å²) >= 11 is 0. The van der Waals surface area contributed by atoms with Crippen molar-refractivity contribution in [3.05, 3.63) is 0 Å². The highest BCUT2D eigenvalue weighted by atomic mass is 32.2. The molecule has 2 atom stereocenters. The van der Waals surface area contributed by atoms with Crippen LogP contribution in [-0.4, -0.2) is 74.3 Å². The Balaban J connectivity index is 5.43. The van der Waals surface area contributed by atoms with Crippen LogP contribution in [0.15, 0.2) is 0 Å². The molecule has 0 amide bonds. The Hall–Kier alpha value is -0.940. The minimum absolute atomic E-state index is 0.751. The maximum Gasteiger partial charge on any atom is 0.523 e.